The molecule has 1 heterocycles. The van der Waals surface area contributed by atoms with Crippen molar-refractivity contribution in [2.24, 2.45) is 0 Å². The molecule has 5 rings (SSSR count). The van der Waals surface area contributed by atoms with Gasteiger partial charge in [-0.2, -0.15) is 0 Å². The Morgan fingerprint density at radius 3 is 2.33 bits per heavy atom. The molecule has 4 aromatic carbocycles. The number of imide groups is 2. The minimum atomic E-state index is -0.872. The van der Waals surface area contributed by atoms with E-state index < -0.39 is 23.8 Å². The number of rotatable bonds is 7. The summed E-state index contributed by atoms with van der Waals surface area (Å²) >= 11 is 0. The van der Waals surface area contributed by atoms with Gasteiger partial charge in [0.15, 0.2) is 0 Å². The van der Waals surface area contributed by atoms with E-state index in [-0.39, 0.29) is 23.4 Å². The number of esters is 1. The maximum Gasteiger partial charge on any atom is 0.338 e. The summed E-state index contributed by atoms with van der Waals surface area (Å²) in [6.07, 6.45) is 1.42. The lowest BCUT2D eigenvalue weighted by atomic mass is 10.1. The monoisotopic (exact) mass is 520 g/mol. The van der Waals surface area contributed by atoms with Crippen LogP contribution in [-0.4, -0.2) is 30.4 Å². The van der Waals surface area contributed by atoms with Crippen LogP contribution in [0, 0.1) is 0 Å². The lowest BCUT2D eigenvalue weighted by molar-refractivity contribution is -0.122. The Labute approximate surface area is 224 Å². The molecule has 0 bridgehead atoms. The number of barbiturate groups is 1. The first kappa shape index (κ1) is 25.4. The summed E-state index contributed by atoms with van der Waals surface area (Å²) in [4.78, 5) is 50.9. The predicted molar refractivity (Wildman–Crippen MR) is 146 cm³/mol. The fourth-order valence-corrected chi connectivity index (χ4v) is 4.26. The second-order valence-corrected chi connectivity index (χ2v) is 8.72. The molecule has 0 unspecified atom stereocenters. The van der Waals surface area contributed by atoms with Crippen molar-refractivity contribution < 1.29 is 28.7 Å². The molecule has 0 saturated carbocycles. The lowest BCUT2D eigenvalue weighted by Gasteiger charge is -2.26. The second kappa shape index (κ2) is 11.0. The topological polar surface area (TPSA) is 102 Å². The molecule has 1 N–H and O–H groups in total. The van der Waals surface area contributed by atoms with Crippen LogP contribution in [0.3, 0.4) is 0 Å². The van der Waals surface area contributed by atoms with Gasteiger partial charge in [0.1, 0.15) is 17.9 Å². The Kier molecular flexibility index (Phi) is 7.18. The zero-order valence-electron chi connectivity index (χ0n) is 21.0. The van der Waals surface area contributed by atoms with E-state index in [1.54, 1.807) is 31.2 Å². The van der Waals surface area contributed by atoms with Crippen LogP contribution < -0.4 is 15.0 Å². The SMILES string of the molecule is CCOC(=O)c1ccc(N2C(=O)NC(=O)/C(=C\c3ccc(OCc4cccc5ccccc45)cc3)C2=O)cc1. The molecular formula is C31H24N2O6. The average molecular weight is 521 g/mol. The van der Waals surface area contributed by atoms with Crippen LogP contribution in [0.2, 0.25) is 0 Å². The van der Waals surface area contributed by atoms with Crippen molar-refractivity contribution in [3.63, 3.8) is 0 Å². The smallest absolute Gasteiger partial charge is 0.338 e. The van der Waals surface area contributed by atoms with E-state index in [2.05, 4.69) is 23.5 Å². The molecule has 0 radical (unpaired) electrons. The normalized spacial score (nSPS) is 14.4. The van der Waals surface area contributed by atoms with E-state index in [0.29, 0.717) is 17.9 Å². The molecular weight excluding hydrogens is 496 g/mol. The van der Waals surface area contributed by atoms with Gasteiger partial charge < -0.3 is 9.47 Å². The molecule has 0 aliphatic carbocycles. The fraction of sp³-hybridized carbons (Fsp3) is 0.0968. The number of benzene rings is 4. The molecule has 1 fully saturated rings. The maximum absolute atomic E-state index is 13.2. The van der Waals surface area contributed by atoms with Crippen molar-refractivity contribution in [1.29, 1.82) is 0 Å². The van der Waals surface area contributed by atoms with Crippen molar-refractivity contribution in [2.75, 3.05) is 11.5 Å². The molecule has 8 nitrogen and oxygen atoms in total. The van der Waals surface area contributed by atoms with Crippen LogP contribution in [0.25, 0.3) is 16.8 Å². The minimum Gasteiger partial charge on any atom is -0.489 e. The van der Waals surface area contributed by atoms with E-state index in [1.807, 2.05) is 24.3 Å². The molecule has 0 spiro atoms. The van der Waals surface area contributed by atoms with E-state index in [0.717, 1.165) is 21.2 Å². The first-order valence-corrected chi connectivity index (χ1v) is 12.3. The Morgan fingerprint density at radius 1 is 0.872 bits per heavy atom. The largest absolute Gasteiger partial charge is 0.489 e. The molecule has 1 aliphatic heterocycles. The Morgan fingerprint density at radius 2 is 1.59 bits per heavy atom. The highest BCUT2D eigenvalue weighted by atomic mass is 16.5. The third-order valence-electron chi connectivity index (χ3n) is 6.20. The highest BCUT2D eigenvalue weighted by molar-refractivity contribution is 6.39. The number of anilines is 1. The van der Waals surface area contributed by atoms with Gasteiger partial charge in [-0.15, -0.1) is 0 Å². The molecule has 4 amide bonds. The summed E-state index contributed by atoms with van der Waals surface area (Å²) in [7, 11) is 0. The number of fused-ring (bicyclic) bond motifs is 1. The molecule has 1 aliphatic rings. The molecule has 39 heavy (non-hydrogen) atoms. The predicted octanol–water partition coefficient (Wildman–Crippen LogP) is 5.26. The van der Waals surface area contributed by atoms with Crippen LogP contribution in [0.15, 0.2) is 96.6 Å². The third kappa shape index (κ3) is 5.40. The highest BCUT2D eigenvalue weighted by Gasteiger charge is 2.36. The quantitative estimate of drug-likeness (QED) is 0.203. The van der Waals surface area contributed by atoms with E-state index >= 15 is 0 Å². The van der Waals surface area contributed by atoms with Gasteiger partial charge in [0.05, 0.1) is 17.9 Å². The number of carbonyl (C=O) groups excluding carboxylic acids is 4. The fourth-order valence-electron chi connectivity index (χ4n) is 4.26. The first-order valence-electron chi connectivity index (χ1n) is 12.3. The van der Waals surface area contributed by atoms with Gasteiger partial charge in [0.2, 0.25) is 0 Å². The van der Waals surface area contributed by atoms with E-state index in [4.69, 9.17) is 9.47 Å². The number of nitrogens with zero attached hydrogens (tertiary/aromatic N) is 1. The summed E-state index contributed by atoms with van der Waals surface area (Å²) in [6, 6.07) is 26.0. The van der Waals surface area contributed by atoms with Gasteiger partial charge >= 0.3 is 12.0 Å². The van der Waals surface area contributed by atoms with Gasteiger partial charge in [-0.3, -0.25) is 14.9 Å². The number of hydrogen-bond donors (Lipinski definition) is 1. The van der Waals surface area contributed by atoms with Crippen LogP contribution in [0.4, 0.5) is 10.5 Å². The summed E-state index contributed by atoms with van der Waals surface area (Å²) in [5.41, 5.74) is 1.93. The van der Waals surface area contributed by atoms with Gasteiger partial charge in [-0.1, -0.05) is 54.6 Å². The first-order chi connectivity index (χ1) is 18.9. The van der Waals surface area contributed by atoms with Crippen LogP contribution in [0.5, 0.6) is 5.75 Å². The summed E-state index contributed by atoms with van der Waals surface area (Å²) < 4.78 is 10.9. The highest BCUT2D eigenvalue weighted by Crippen LogP contribution is 2.24. The van der Waals surface area contributed by atoms with Gasteiger partial charge in [0, 0.05) is 0 Å². The van der Waals surface area contributed by atoms with Crippen LogP contribution >= 0.6 is 0 Å². The van der Waals surface area contributed by atoms with Crippen LogP contribution in [0.1, 0.15) is 28.4 Å². The maximum atomic E-state index is 13.2. The lowest BCUT2D eigenvalue weighted by Crippen LogP contribution is -2.54. The number of ether oxygens (including phenoxy) is 2. The zero-order chi connectivity index (χ0) is 27.4. The Hall–Kier alpha value is -5.24. The molecule has 194 valence electrons. The van der Waals surface area contributed by atoms with Crippen molar-refractivity contribution in [3.8, 4) is 5.75 Å². The van der Waals surface area contributed by atoms with Gasteiger partial charge in [-0.25, -0.2) is 14.5 Å². The summed E-state index contributed by atoms with van der Waals surface area (Å²) in [5, 5.41) is 4.45. The molecule has 0 atom stereocenters. The standard InChI is InChI=1S/C31H24N2O6/c1-2-38-30(36)22-12-14-24(15-13-22)33-29(35)27(28(34)32-31(33)37)18-20-10-16-25(17-11-20)39-19-23-8-5-7-21-6-3-4-9-26(21)23/h3-18H,2,19H2,1H3,(H,32,34,37)/b27-18+. The zero-order valence-corrected chi connectivity index (χ0v) is 21.0. The number of carbonyl (C=O) groups is 4. The van der Waals surface area contributed by atoms with Crippen LogP contribution in [-0.2, 0) is 20.9 Å². The van der Waals surface area contributed by atoms with E-state index in [1.165, 1.54) is 30.3 Å². The van der Waals surface area contributed by atoms with Crippen molar-refractivity contribution in [1.82, 2.24) is 5.32 Å². The number of nitrogens with one attached hydrogen (secondary N) is 1. The molecule has 0 aromatic heterocycles. The van der Waals surface area contributed by atoms with Gasteiger partial charge in [0.25, 0.3) is 11.8 Å². The van der Waals surface area contributed by atoms with Gasteiger partial charge in [-0.05, 0) is 71.3 Å². The van der Waals surface area contributed by atoms with E-state index in [9.17, 15) is 19.2 Å². The Balaban J connectivity index is 1.31. The Bertz CT molecular complexity index is 1600. The number of amides is 4. The van der Waals surface area contributed by atoms with Crippen molar-refractivity contribution in [3.05, 3.63) is 113 Å². The van der Waals surface area contributed by atoms with Crippen molar-refractivity contribution in [2.45, 2.75) is 13.5 Å². The number of urea groups is 1. The molecule has 1 saturated heterocycles. The third-order valence-corrected chi connectivity index (χ3v) is 6.20. The summed E-state index contributed by atoms with van der Waals surface area (Å²) in [6.45, 7) is 2.30. The minimum absolute atomic E-state index is 0.200. The number of hydrogen-bond acceptors (Lipinski definition) is 6. The van der Waals surface area contributed by atoms with Crippen molar-refractivity contribution >= 4 is 46.4 Å². The second-order valence-electron chi connectivity index (χ2n) is 8.72. The average Bonchev–Trinajstić information content (AvgIpc) is 2.95. The molecule has 8 heteroatoms. The summed E-state index contributed by atoms with van der Waals surface area (Å²) in [5.74, 6) is -1.45. The molecule has 4 aromatic rings.